The van der Waals surface area contributed by atoms with Gasteiger partial charge >= 0.3 is 6.18 Å². The third kappa shape index (κ3) is 9.92. The molecule has 0 heterocycles. The van der Waals surface area contributed by atoms with E-state index >= 15 is 0 Å². The second-order valence-corrected chi connectivity index (χ2v) is 3.50. The van der Waals surface area contributed by atoms with E-state index in [1.54, 1.807) is 0 Å². The first kappa shape index (κ1) is 14.6. The van der Waals surface area contributed by atoms with E-state index in [0.717, 1.165) is 0 Å². The molecule has 7 heteroatoms. The SMILES string of the molecule is CC(O)(CO)CNCCOCC(F)(F)F. The van der Waals surface area contributed by atoms with Crippen molar-refractivity contribution in [3.05, 3.63) is 0 Å². The number of halogens is 3. The van der Waals surface area contributed by atoms with E-state index in [4.69, 9.17) is 5.11 Å². The molecule has 1 atom stereocenters. The van der Waals surface area contributed by atoms with Gasteiger partial charge in [0.2, 0.25) is 0 Å². The van der Waals surface area contributed by atoms with Crippen LogP contribution in [0.5, 0.6) is 0 Å². The maximum absolute atomic E-state index is 11.6. The van der Waals surface area contributed by atoms with Gasteiger partial charge in [-0.25, -0.2) is 0 Å². The first-order valence-corrected chi connectivity index (χ1v) is 4.45. The molecule has 15 heavy (non-hydrogen) atoms. The molecule has 0 bridgehead atoms. The highest BCUT2D eigenvalue weighted by atomic mass is 19.4. The van der Waals surface area contributed by atoms with Crippen molar-refractivity contribution in [3.8, 4) is 0 Å². The molecule has 0 amide bonds. The normalized spacial score (nSPS) is 16.4. The second-order valence-electron chi connectivity index (χ2n) is 3.50. The lowest BCUT2D eigenvalue weighted by molar-refractivity contribution is -0.173. The molecule has 1 unspecified atom stereocenters. The Kier molecular flexibility index (Phi) is 6.11. The fourth-order valence-electron chi connectivity index (χ4n) is 0.746. The second kappa shape index (κ2) is 6.26. The van der Waals surface area contributed by atoms with Gasteiger partial charge in [0.15, 0.2) is 0 Å². The van der Waals surface area contributed by atoms with Crippen molar-refractivity contribution < 1.29 is 28.1 Å². The van der Waals surface area contributed by atoms with Crippen molar-refractivity contribution in [1.29, 1.82) is 0 Å². The summed E-state index contributed by atoms with van der Waals surface area (Å²) in [6.07, 6.45) is -4.31. The van der Waals surface area contributed by atoms with E-state index in [0.29, 0.717) is 0 Å². The number of aliphatic hydroxyl groups excluding tert-OH is 1. The Balaban J connectivity index is 3.33. The van der Waals surface area contributed by atoms with Gasteiger partial charge in [-0.15, -0.1) is 0 Å². The van der Waals surface area contributed by atoms with E-state index in [1.807, 2.05) is 0 Å². The van der Waals surface area contributed by atoms with Crippen LogP contribution in [0.4, 0.5) is 13.2 Å². The lowest BCUT2D eigenvalue weighted by Gasteiger charge is -2.20. The average Bonchev–Trinajstić information content (AvgIpc) is 2.09. The van der Waals surface area contributed by atoms with Gasteiger partial charge in [-0.05, 0) is 6.92 Å². The van der Waals surface area contributed by atoms with E-state index in [-0.39, 0.29) is 19.7 Å². The fraction of sp³-hybridized carbons (Fsp3) is 1.00. The van der Waals surface area contributed by atoms with Crippen molar-refractivity contribution in [2.24, 2.45) is 0 Å². The lowest BCUT2D eigenvalue weighted by Crippen LogP contribution is -2.42. The molecule has 92 valence electrons. The molecule has 0 rings (SSSR count). The summed E-state index contributed by atoms with van der Waals surface area (Å²) in [5, 5.41) is 20.6. The Morgan fingerprint density at radius 1 is 1.33 bits per heavy atom. The third-order valence-electron chi connectivity index (χ3n) is 1.54. The standard InChI is InChI=1S/C8H16F3NO3/c1-7(14,5-13)4-12-2-3-15-6-8(9,10)11/h12-14H,2-6H2,1H3. The Hall–Kier alpha value is -0.370. The molecular formula is C8H16F3NO3. The maximum Gasteiger partial charge on any atom is 0.411 e. The highest BCUT2D eigenvalue weighted by molar-refractivity contribution is 4.73. The maximum atomic E-state index is 11.6. The number of hydrogen-bond acceptors (Lipinski definition) is 4. The van der Waals surface area contributed by atoms with Crippen LogP contribution in [-0.2, 0) is 4.74 Å². The van der Waals surface area contributed by atoms with Crippen molar-refractivity contribution in [2.45, 2.75) is 18.7 Å². The molecule has 0 spiro atoms. The predicted octanol–water partition coefficient (Wildman–Crippen LogP) is -0.102. The van der Waals surface area contributed by atoms with Gasteiger partial charge in [0.05, 0.1) is 18.8 Å². The smallest absolute Gasteiger partial charge is 0.393 e. The summed E-state index contributed by atoms with van der Waals surface area (Å²) < 4.78 is 39.1. The minimum absolute atomic E-state index is 0.0961. The van der Waals surface area contributed by atoms with Crippen molar-refractivity contribution in [1.82, 2.24) is 5.32 Å². The monoisotopic (exact) mass is 231 g/mol. The average molecular weight is 231 g/mol. The van der Waals surface area contributed by atoms with Gasteiger partial charge in [0.1, 0.15) is 6.61 Å². The lowest BCUT2D eigenvalue weighted by atomic mass is 10.1. The van der Waals surface area contributed by atoms with Crippen LogP contribution in [0.1, 0.15) is 6.92 Å². The Bertz CT molecular complexity index is 173. The highest BCUT2D eigenvalue weighted by Gasteiger charge is 2.27. The fourth-order valence-corrected chi connectivity index (χ4v) is 0.746. The quantitative estimate of drug-likeness (QED) is 0.535. The zero-order valence-electron chi connectivity index (χ0n) is 8.47. The molecule has 0 fully saturated rings. The number of alkyl halides is 3. The summed E-state index contributed by atoms with van der Waals surface area (Å²) >= 11 is 0. The van der Waals surface area contributed by atoms with E-state index < -0.39 is 25.0 Å². The zero-order valence-corrected chi connectivity index (χ0v) is 8.47. The molecular weight excluding hydrogens is 215 g/mol. The van der Waals surface area contributed by atoms with Crippen LogP contribution in [0.25, 0.3) is 0 Å². The largest absolute Gasteiger partial charge is 0.411 e. The number of hydrogen-bond donors (Lipinski definition) is 3. The van der Waals surface area contributed by atoms with Crippen LogP contribution >= 0.6 is 0 Å². The molecule has 0 aliphatic carbocycles. The summed E-state index contributed by atoms with van der Waals surface area (Å²) in [6.45, 7) is -0.0861. The van der Waals surface area contributed by atoms with E-state index in [1.165, 1.54) is 6.92 Å². The van der Waals surface area contributed by atoms with Crippen molar-refractivity contribution >= 4 is 0 Å². The van der Waals surface area contributed by atoms with Gasteiger partial charge in [-0.2, -0.15) is 13.2 Å². The molecule has 0 aliphatic heterocycles. The first-order valence-electron chi connectivity index (χ1n) is 4.45. The van der Waals surface area contributed by atoms with Crippen LogP contribution < -0.4 is 5.32 Å². The van der Waals surface area contributed by atoms with Crippen LogP contribution in [0.3, 0.4) is 0 Å². The number of ether oxygens (including phenoxy) is 1. The van der Waals surface area contributed by atoms with E-state index in [2.05, 4.69) is 10.1 Å². The molecule has 0 aromatic rings. The molecule has 4 nitrogen and oxygen atoms in total. The minimum atomic E-state index is -4.31. The van der Waals surface area contributed by atoms with Gasteiger partial charge in [0.25, 0.3) is 0 Å². The number of nitrogens with one attached hydrogen (secondary N) is 1. The summed E-state index contributed by atoms with van der Waals surface area (Å²) in [5.74, 6) is 0. The van der Waals surface area contributed by atoms with Gasteiger partial charge in [-0.1, -0.05) is 0 Å². The Morgan fingerprint density at radius 3 is 2.40 bits per heavy atom. The summed E-state index contributed by atoms with van der Waals surface area (Å²) in [6, 6.07) is 0. The first-order chi connectivity index (χ1) is 6.77. The van der Waals surface area contributed by atoms with E-state index in [9.17, 15) is 18.3 Å². The Morgan fingerprint density at radius 2 is 1.93 bits per heavy atom. The van der Waals surface area contributed by atoms with Gasteiger partial charge in [-0.3, -0.25) is 0 Å². The van der Waals surface area contributed by atoms with Crippen LogP contribution in [-0.4, -0.2) is 54.9 Å². The molecule has 0 aliphatic rings. The summed E-state index contributed by atoms with van der Waals surface area (Å²) in [7, 11) is 0. The topological polar surface area (TPSA) is 61.7 Å². The number of aliphatic hydroxyl groups is 2. The molecule has 0 radical (unpaired) electrons. The molecule has 0 saturated heterocycles. The van der Waals surface area contributed by atoms with Crippen molar-refractivity contribution in [3.63, 3.8) is 0 Å². The molecule has 0 aromatic heterocycles. The van der Waals surface area contributed by atoms with Crippen LogP contribution in [0.2, 0.25) is 0 Å². The molecule has 3 N–H and O–H groups in total. The molecule has 0 aromatic carbocycles. The van der Waals surface area contributed by atoms with Gasteiger partial charge < -0.3 is 20.3 Å². The van der Waals surface area contributed by atoms with Crippen LogP contribution in [0.15, 0.2) is 0 Å². The highest BCUT2D eigenvalue weighted by Crippen LogP contribution is 2.13. The zero-order chi connectivity index (χ0) is 11.9. The molecule has 0 saturated carbocycles. The van der Waals surface area contributed by atoms with Crippen molar-refractivity contribution in [2.75, 3.05) is 32.9 Å². The Labute approximate surface area is 86.0 Å². The summed E-state index contributed by atoms with van der Waals surface area (Å²) in [5.41, 5.74) is -1.26. The van der Waals surface area contributed by atoms with Crippen LogP contribution in [0, 0.1) is 0 Å². The minimum Gasteiger partial charge on any atom is -0.393 e. The predicted molar refractivity (Wildman–Crippen MR) is 47.5 cm³/mol. The third-order valence-corrected chi connectivity index (χ3v) is 1.54. The number of rotatable bonds is 7. The summed E-state index contributed by atoms with van der Waals surface area (Å²) in [4.78, 5) is 0. The van der Waals surface area contributed by atoms with Gasteiger partial charge in [0, 0.05) is 13.1 Å².